The molecule has 0 aliphatic carbocycles. The van der Waals surface area contributed by atoms with E-state index in [0.717, 1.165) is 11.8 Å². The van der Waals surface area contributed by atoms with Crippen molar-refractivity contribution in [3.63, 3.8) is 0 Å². The van der Waals surface area contributed by atoms with Gasteiger partial charge in [0.2, 0.25) is 20.9 Å². The van der Waals surface area contributed by atoms with E-state index in [1.165, 1.54) is 13.2 Å². The van der Waals surface area contributed by atoms with Crippen molar-refractivity contribution in [2.45, 2.75) is 38.4 Å². The number of anilines is 2. The second-order valence-corrected chi connectivity index (χ2v) is 13.0. The van der Waals surface area contributed by atoms with E-state index in [4.69, 9.17) is 19.9 Å². The Bertz CT molecular complexity index is 2130. The molecule has 0 amide bonds. The lowest BCUT2D eigenvalue weighted by molar-refractivity contribution is 0.0512. The zero-order valence-corrected chi connectivity index (χ0v) is 26.7. The van der Waals surface area contributed by atoms with Crippen LogP contribution >= 0.6 is 0 Å². The molecule has 0 saturated heterocycles. The standard InChI is InChI=1S/C32H32F2N6O5S/c1-6-20-23(33)8-7-18-12-19(45-15-43-4)13-22(24(18)20)27-26(34)28-25-30(39-32(38-28)46(5,41)42)40(9-10-44-31(25)37-27)17(3)21-11-16(2)14-36-29(21)35/h7-8,11-14,17H,6,9-10,15H2,1-5H3,(H2,35,36). The van der Waals surface area contributed by atoms with Gasteiger partial charge < -0.3 is 24.8 Å². The van der Waals surface area contributed by atoms with Gasteiger partial charge in [-0.3, -0.25) is 0 Å². The van der Waals surface area contributed by atoms with Crippen LogP contribution in [0.2, 0.25) is 0 Å². The zero-order chi connectivity index (χ0) is 32.9. The van der Waals surface area contributed by atoms with Crippen LogP contribution in [-0.2, 0) is 21.0 Å². The number of aryl methyl sites for hydroxylation is 2. The van der Waals surface area contributed by atoms with Gasteiger partial charge in [0.05, 0.1) is 12.6 Å². The lowest BCUT2D eigenvalue weighted by Gasteiger charge is -2.30. The third-order valence-corrected chi connectivity index (χ3v) is 8.83. The molecule has 6 rings (SSSR count). The molecular formula is C32H32F2N6O5S. The number of nitrogen functional groups attached to an aromatic ring is 1. The highest BCUT2D eigenvalue weighted by atomic mass is 32.2. The number of methoxy groups -OCH3 is 1. The third-order valence-electron chi connectivity index (χ3n) is 7.98. The number of aromatic nitrogens is 4. The van der Waals surface area contributed by atoms with Crippen molar-refractivity contribution in [3.8, 4) is 22.9 Å². The zero-order valence-electron chi connectivity index (χ0n) is 25.9. The van der Waals surface area contributed by atoms with E-state index in [0.29, 0.717) is 34.1 Å². The first-order valence-electron chi connectivity index (χ1n) is 14.5. The van der Waals surface area contributed by atoms with Crippen molar-refractivity contribution in [1.82, 2.24) is 19.9 Å². The van der Waals surface area contributed by atoms with Crippen molar-refractivity contribution in [2.24, 2.45) is 0 Å². The second kappa shape index (κ2) is 11.9. The van der Waals surface area contributed by atoms with E-state index >= 15 is 8.78 Å². The number of benzene rings is 2. The minimum absolute atomic E-state index is 0.00250. The Morgan fingerprint density at radius 2 is 1.91 bits per heavy atom. The molecule has 2 aromatic carbocycles. The van der Waals surface area contributed by atoms with Crippen LogP contribution in [0.5, 0.6) is 11.6 Å². The highest BCUT2D eigenvalue weighted by Gasteiger charge is 2.33. The Labute approximate surface area is 264 Å². The maximum atomic E-state index is 17.0. The molecular weight excluding hydrogens is 618 g/mol. The number of nitrogens with two attached hydrogens (primary N) is 1. The Balaban J connectivity index is 1.68. The topological polar surface area (TPSA) is 143 Å². The SMILES string of the molecule is CCc1c(F)ccc2cc(OCOC)cc(-c3nc4c5c(nc(S(C)(=O)=O)nc5c3F)N(C(C)c3cc(C)cnc3N)CCO4)c12. The fourth-order valence-electron chi connectivity index (χ4n) is 5.82. The summed E-state index contributed by atoms with van der Waals surface area (Å²) in [7, 11) is -2.55. The van der Waals surface area contributed by atoms with Gasteiger partial charge in [-0.1, -0.05) is 13.0 Å². The first-order chi connectivity index (χ1) is 21.9. The predicted molar refractivity (Wildman–Crippen MR) is 170 cm³/mol. The molecule has 1 atom stereocenters. The van der Waals surface area contributed by atoms with E-state index in [-0.39, 0.29) is 59.6 Å². The summed E-state index contributed by atoms with van der Waals surface area (Å²) in [6.07, 6.45) is 2.90. The van der Waals surface area contributed by atoms with Gasteiger partial charge in [0.15, 0.2) is 12.6 Å². The quantitative estimate of drug-likeness (QED) is 0.172. The first kappa shape index (κ1) is 31.3. The smallest absolute Gasteiger partial charge is 0.249 e. The molecule has 14 heteroatoms. The summed E-state index contributed by atoms with van der Waals surface area (Å²) in [6, 6.07) is 7.58. The lowest BCUT2D eigenvalue weighted by Crippen LogP contribution is -2.32. The highest BCUT2D eigenvalue weighted by Crippen LogP contribution is 2.44. The molecule has 1 aliphatic heterocycles. The fraction of sp³-hybridized carbons (Fsp3) is 0.312. The summed E-state index contributed by atoms with van der Waals surface area (Å²) >= 11 is 0. The number of ether oxygens (including phenoxy) is 3. The summed E-state index contributed by atoms with van der Waals surface area (Å²) in [5, 5.41) is 0.526. The number of nitrogens with zero attached hydrogens (tertiary/aromatic N) is 5. The minimum Gasteiger partial charge on any atom is -0.475 e. The average molecular weight is 651 g/mol. The van der Waals surface area contributed by atoms with Crippen molar-refractivity contribution in [3.05, 3.63) is 64.9 Å². The molecule has 0 spiro atoms. The van der Waals surface area contributed by atoms with E-state index < -0.39 is 32.7 Å². The normalized spacial score (nSPS) is 13.9. The number of fused-ring (bicyclic) bond motifs is 1. The largest absolute Gasteiger partial charge is 0.475 e. The average Bonchev–Trinajstić information content (AvgIpc) is 3.21. The number of rotatable bonds is 8. The molecule has 0 fully saturated rings. The minimum atomic E-state index is -4.02. The van der Waals surface area contributed by atoms with Crippen LogP contribution < -0.4 is 20.1 Å². The van der Waals surface area contributed by atoms with Gasteiger partial charge in [0.25, 0.3) is 0 Å². The third kappa shape index (κ3) is 5.41. The Kier molecular flexibility index (Phi) is 8.11. The molecule has 5 aromatic rings. The molecule has 1 aliphatic rings. The van der Waals surface area contributed by atoms with Gasteiger partial charge in [-0.2, -0.15) is 0 Å². The van der Waals surface area contributed by atoms with Crippen LogP contribution in [0.25, 0.3) is 32.9 Å². The van der Waals surface area contributed by atoms with Crippen LogP contribution in [0.15, 0.2) is 41.7 Å². The van der Waals surface area contributed by atoms with Gasteiger partial charge in [-0.15, -0.1) is 0 Å². The van der Waals surface area contributed by atoms with E-state index in [1.807, 2.05) is 19.9 Å². The Morgan fingerprint density at radius 3 is 2.63 bits per heavy atom. The van der Waals surface area contributed by atoms with Gasteiger partial charge in [-0.05, 0) is 66.4 Å². The van der Waals surface area contributed by atoms with Gasteiger partial charge >= 0.3 is 0 Å². The molecule has 3 aromatic heterocycles. The summed E-state index contributed by atoms with van der Waals surface area (Å²) in [6.45, 7) is 5.77. The van der Waals surface area contributed by atoms with Crippen LogP contribution in [0, 0.1) is 18.6 Å². The number of hydrogen-bond donors (Lipinski definition) is 1. The van der Waals surface area contributed by atoms with Crippen LogP contribution in [0.3, 0.4) is 0 Å². The highest BCUT2D eigenvalue weighted by molar-refractivity contribution is 7.90. The molecule has 0 saturated carbocycles. The number of pyridine rings is 2. The molecule has 240 valence electrons. The number of hydrogen-bond acceptors (Lipinski definition) is 11. The van der Waals surface area contributed by atoms with Gasteiger partial charge in [0, 0.05) is 30.7 Å². The van der Waals surface area contributed by atoms with Crippen molar-refractivity contribution >= 4 is 43.1 Å². The molecule has 11 nitrogen and oxygen atoms in total. The van der Waals surface area contributed by atoms with E-state index in [2.05, 4.69) is 19.9 Å². The molecule has 1 unspecified atom stereocenters. The van der Waals surface area contributed by atoms with Crippen LogP contribution in [-0.4, -0.2) is 61.7 Å². The first-order valence-corrected chi connectivity index (χ1v) is 16.4. The second-order valence-electron chi connectivity index (χ2n) is 11.1. The molecule has 46 heavy (non-hydrogen) atoms. The van der Waals surface area contributed by atoms with Gasteiger partial charge in [0.1, 0.15) is 46.4 Å². The van der Waals surface area contributed by atoms with Crippen LogP contribution in [0.1, 0.15) is 36.6 Å². The van der Waals surface area contributed by atoms with Gasteiger partial charge in [-0.25, -0.2) is 37.1 Å². The summed E-state index contributed by atoms with van der Waals surface area (Å²) in [5.74, 6) is -0.660. The molecule has 4 heterocycles. The van der Waals surface area contributed by atoms with Crippen molar-refractivity contribution in [2.75, 3.05) is 43.9 Å². The molecule has 0 bridgehead atoms. The summed E-state index contributed by atoms with van der Waals surface area (Å²) in [5.41, 5.74) is 7.83. The summed E-state index contributed by atoms with van der Waals surface area (Å²) < 4.78 is 74.7. The molecule has 0 radical (unpaired) electrons. The predicted octanol–water partition coefficient (Wildman–Crippen LogP) is 5.32. The van der Waals surface area contributed by atoms with Crippen molar-refractivity contribution in [1.29, 1.82) is 0 Å². The summed E-state index contributed by atoms with van der Waals surface area (Å²) in [4.78, 5) is 19.3. The Hall–Kier alpha value is -4.69. The van der Waals surface area contributed by atoms with Crippen LogP contribution in [0.4, 0.5) is 20.4 Å². The van der Waals surface area contributed by atoms with E-state index in [1.54, 1.807) is 36.2 Å². The number of halogens is 2. The monoisotopic (exact) mass is 650 g/mol. The fourth-order valence-corrected chi connectivity index (χ4v) is 6.33. The maximum Gasteiger partial charge on any atom is 0.249 e. The lowest BCUT2D eigenvalue weighted by atomic mass is 9.94. The van der Waals surface area contributed by atoms with E-state index in [9.17, 15) is 8.42 Å². The molecule has 2 N–H and O–H groups in total. The van der Waals surface area contributed by atoms with Crippen molar-refractivity contribution < 1.29 is 31.4 Å². The number of sulfone groups is 1. The maximum absolute atomic E-state index is 17.0. The Morgan fingerprint density at radius 1 is 1.13 bits per heavy atom.